The van der Waals surface area contributed by atoms with E-state index >= 15 is 0 Å². The number of nitrogens with one attached hydrogen (secondary N) is 1. The summed E-state index contributed by atoms with van der Waals surface area (Å²) in [5, 5.41) is 11.1. The summed E-state index contributed by atoms with van der Waals surface area (Å²) in [7, 11) is -3.24. The molecule has 2 heterocycles. The minimum Gasteiger partial charge on any atom is -0.465 e. The van der Waals surface area contributed by atoms with Crippen molar-refractivity contribution >= 4 is 16.1 Å². The monoisotopic (exact) mass is 335 g/mol. The summed E-state index contributed by atoms with van der Waals surface area (Å²) in [6, 6.07) is -0.141. The molecular weight excluding hydrogens is 310 g/mol. The van der Waals surface area contributed by atoms with Gasteiger partial charge in [0.1, 0.15) is 0 Å². The van der Waals surface area contributed by atoms with Gasteiger partial charge < -0.3 is 15.2 Å². The first-order valence-electron chi connectivity index (χ1n) is 7.75. The van der Waals surface area contributed by atoms with E-state index in [9.17, 15) is 13.2 Å². The number of morpholine rings is 1. The van der Waals surface area contributed by atoms with E-state index in [0.717, 1.165) is 32.8 Å². The Labute approximate surface area is 131 Å². The Balaban J connectivity index is 1.70. The highest BCUT2D eigenvalue weighted by Crippen LogP contribution is 2.15. The van der Waals surface area contributed by atoms with Crippen LogP contribution in [0.15, 0.2) is 0 Å². The molecule has 0 aliphatic carbocycles. The maximum atomic E-state index is 12.3. The average Bonchev–Trinajstić information content (AvgIpc) is 2.48. The SMILES string of the molecule is O=C(O)NC1CCN(S(=O)(=O)CCCN2CCOCC2)CC1. The second-order valence-electron chi connectivity index (χ2n) is 5.75. The number of piperidine rings is 1. The molecule has 2 aliphatic rings. The number of carboxylic acid groups (broad SMARTS) is 1. The van der Waals surface area contributed by atoms with Gasteiger partial charge in [0.05, 0.1) is 19.0 Å². The van der Waals surface area contributed by atoms with Crippen LogP contribution in [-0.2, 0) is 14.8 Å². The van der Waals surface area contributed by atoms with Crippen LogP contribution < -0.4 is 5.32 Å². The Morgan fingerprint density at radius 1 is 1.18 bits per heavy atom. The molecule has 0 spiro atoms. The first-order valence-corrected chi connectivity index (χ1v) is 9.36. The highest BCUT2D eigenvalue weighted by Gasteiger charge is 2.28. The zero-order valence-corrected chi connectivity index (χ0v) is 13.6. The van der Waals surface area contributed by atoms with Gasteiger partial charge in [0.2, 0.25) is 10.0 Å². The van der Waals surface area contributed by atoms with Crippen molar-refractivity contribution in [2.45, 2.75) is 25.3 Å². The predicted molar refractivity (Wildman–Crippen MR) is 81.4 cm³/mol. The molecule has 1 amide bonds. The van der Waals surface area contributed by atoms with Crippen LogP contribution in [0, 0.1) is 0 Å². The Morgan fingerprint density at radius 2 is 1.82 bits per heavy atom. The first kappa shape index (κ1) is 17.5. The number of rotatable bonds is 6. The molecule has 22 heavy (non-hydrogen) atoms. The maximum absolute atomic E-state index is 12.3. The summed E-state index contributed by atoms with van der Waals surface area (Å²) >= 11 is 0. The molecule has 0 aromatic carbocycles. The lowest BCUT2D eigenvalue weighted by Gasteiger charge is -2.31. The largest absolute Gasteiger partial charge is 0.465 e. The zero-order valence-electron chi connectivity index (χ0n) is 12.7. The third kappa shape index (κ3) is 5.38. The van der Waals surface area contributed by atoms with Crippen molar-refractivity contribution in [1.82, 2.24) is 14.5 Å². The van der Waals surface area contributed by atoms with Gasteiger partial charge >= 0.3 is 6.09 Å². The van der Waals surface area contributed by atoms with E-state index in [4.69, 9.17) is 9.84 Å². The number of sulfonamides is 1. The summed E-state index contributed by atoms with van der Waals surface area (Å²) in [5.41, 5.74) is 0. The van der Waals surface area contributed by atoms with Crippen LogP contribution in [0.5, 0.6) is 0 Å². The van der Waals surface area contributed by atoms with Crippen molar-refractivity contribution in [3.63, 3.8) is 0 Å². The molecule has 2 fully saturated rings. The Hall–Kier alpha value is -0.900. The second-order valence-corrected chi connectivity index (χ2v) is 7.83. The molecule has 0 aromatic heterocycles. The van der Waals surface area contributed by atoms with Crippen LogP contribution in [0.3, 0.4) is 0 Å². The molecule has 9 heteroatoms. The molecule has 0 saturated carbocycles. The lowest BCUT2D eigenvalue weighted by Crippen LogP contribution is -2.47. The number of amides is 1. The van der Waals surface area contributed by atoms with E-state index in [1.165, 1.54) is 4.31 Å². The van der Waals surface area contributed by atoms with Gasteiger partial charge in [-0.25, -0.2) is 17.5 Å². The van der Waals surface area contributed by atoms with Crippen molar-refractivity contribution in [2.24, 2.45) is 0 Å². The van der Waals surface area contributed by atoms with Crippen molar-refractivity contribution in [3.8, 4) is 0 Å². The predicted octanol–water partition coefficient (Wildman–Crippen LogP) is -0.229. The van der Waals surface area contributed by atoms with Crippen molar-refractivity contribution in [2.75, 3.05) is 51.7 Å². The first-order chi connectivity index (χ1) is 10.5. The molecule has 2 saturated heterocycles. The van der Waals surface area contributed by atoms with E-state index in [-0.39, 0.29) is 11.8 Å². The van der Waals surface area contributed by atoms with Crippen LogP contribution in [0.2, 0.25) is 0 Å². The van der Waals surface area contributed by atoms with E-state index in [1.54, 1.807) is 0 Å². The fraction of sp³-hybridized carbons (Fsp3) is 0.923. The fourth-order valence-electron chi connectivity index (χ4n) is 2.88. The summed E-state index contributed by atoms with van der Waals surface area (Å²) < 4.78 is 31.4. The topological polar surface area (TPSA) is 99.2 Å². The van der Waals surface area contributed by atoms with Gasteiger partial charge in [-0.1, -0.05) is 0 Å². The summed E-state index contributed by atoms with van der Waals surface area (Å²) in [6.45, 7) is 4.74. The van der Waals surface area contributed by atoms with Crippen LogP contribution in [0.4, 0.5) is 4.79 Å². The van der Waals surface area contributed by atoms with Crippen LogP contribution >= 0.6 is 0 Å². The highest BCUT2D eigenvalue weighted by molar-refractivity contribution is 7.89. The average molecular weight is 335 g/mol. The molecule has 8 nitrogen and oxygen atoms in total. The van der Waals surface area contributed by atoms with Gasteiger partial charge in [0, 0.05) is 32.2 Å². The van der Waals surface area contributed by atoms with Crippen LogP contribution in [0.25, 0.3) is 0 Å². The normalized spacial score (nSPS) is 22.5. The smallest absolute Gasteiger partial charge is 0.404 e. The van der Waals surface area contributed by atoms with Gasteiger partial charge in [-0.3, -0.25) is 4.90 Å². The van der Waals surface area contributed by atoms with Crippen LogP contribution in [0.1, 0.15) is 19.3 Å². The van der Waals surface area contributed by atoms with Gasteiger partial charge in [-0.2, -0.15) is 0 Å². The van der Waals surface area contributed by atoms with E-state index in [0.29, 0.717) is 32.4 Å². The standard InChI is InChI=1S/C13H25N3O5S/c17-13(18)14-12-2-5-16(6-3-12)22(19,20)11-1-4-15-7-9-21-10-8-15/h12,14H,1-11H2,(H,17,18). The fourth-order valence-corrected chi connectivity index (χ4v) is 4.40. The Kier molecular flexibility index (Phi) is 6.42. The van der Waals surface area contributed by atoms with Gasteiger partial charge in [-0.05, 0) is 25.8 Å². The van der Waals surface area contributed by atoms with E-state index in [2.05, 4.69) is 10.2 Å². The number of nitrogens with zero attached hydrogens (tertiary/aromatic N) is 2. The minimum absolute atomic E-state index is 0.141. The molecule has 2 N–H and O–H groups in total. The van der Waals surface area contributed by atoms with Gasteiger partial charge in [0.25, 0.3) is 0 Å². The molecule has 0 aromatic rings. The molecular formula is C13H25N3O5S. The summed E-state index contributed by atoms with van der Waals surface area (Å²) in [4.78, 5) is 12.8. The summed E-state index contributed by atoms with van der Waals surface area (Å²) in [5.74, 6) is 0.154. The molecule has 128 valence electrons. The molecule has 0 unspecified atom stereocenters. The van der Waals surface area contributed by atoms with Gasteiger partial charge in [0.15, 0.2) is 0 Å². The number of hydrogen-bond donors (Lipinski definition) is 2. The zero-order chi connectivity index (χ0) is 16.0. The van der Waals surface area contributed by atoms with E-state index in [1.807, 2.05) is 0 Å². The van der Waals surface area contributed by atoms with Crippen molar-refractivity contribution in [3.05, 3.63) is 0 Å². The third-order valence-corrected chi connectivity index (χ3v) is 6.11. The van der Waals surface area contributed by atoms with Crippen LogP contribution in [-0.4, -0.2) is 86.6 Å². The molecule has 0 bridgehead atoms. The minimum atomic E-state index is -3.24. The lowest BCUT2D eigenvalue weighted by atomic mass is 10.1. The third-order valence-electron chi connectivity index (χ3n) is 4.16. The van der Waals surface area contributed by atoms with Gasteiger partial charge in [-0.15, -0.1) is 0 Å². The van der Waals surface area contributed by atoms with Crippen molar-refractivity contribution in [1.29, 1.82) is 0 Å². The quantitative estimate of drug-likeness (QED) is 0.696. The second kappa shape index (κ2) is 8.09. The number of carbonyl (C=O) groups is 1. The van der Waals surface area contributed by atoms with E-state index < -0.39 is 16.1 Å². The Bertz CT molecular complexity index is 456. The highest BCUT2D eigenvalue weighted by atomic mass is 32.2. The molecule has 2 aliphatic heterocycles. The Morgan fingerprint density at radius 3 is 2.41 bits per heavy atom. The van der Waals surface area contributed by atoms with Crippen molar-refractivity contribution < 1.29 is 23.1 Å². The molecule has 0 radical (unpaired) electrons. The maximum Gasteiger partial charge on any atom is 0.404 e. The number of hydrogen-bond acceptors (Lipinski definition) is 5. The molecule has 2 rings (SSSR count). The molecule has 0 atom stereocenters. The summed E-state index contributed by atoms with van der Waals surface area (Å²) in [6.07, 6.45) is 0.645. The lowest BCUT2D eigenvalue weighted by molar-refractivity contribution is 0.0380. The number of ether oxygens (including phenoxy) is 1.